The number of nitrogens with zero attached hydrogens (tertiary/aromatic N) is 2. The van der Waals surface area contributed by atoms with Crippen molar-refractivity contribution in [3.05, 3.63) is 58.9 Å². The van der Waals surface area contributed by atoms with E-state index >= 15 is 0 Å². The molecule has 1 saturated heterocycles. The second-order valence-corrected chi connectivity index (χ2v) is 8.16. The third-order valence-corrected chi connectivity index (χ3v) is 5.28. The first-order chi connectivity index (χ1) is 12.5. The first kappa shape index (κ1) is 19.2. The van der Waals surface area contributed by atoms with Crippen molar-refractivity contribution < 1.29 is 4.74 Å². The third kappa shape index (κ3) is 5.21. The van der Waals surface area contributed by atoms with Crippen LogP contribution in [0.3, 0.4) is 0 Å². The van der Waals surface area contributed by atoms with E-state index in [0.29, 0.717) is 17.0 Å². The Kier molecular flexibility index (Phi) is 6.55. The van der Waals surface area contributed by atoms with E-state index in [4.69, 9.17) is 16.3 Å². The first-order valence-electron chi connectivity index (χ1n) is 9.57. The fourth-order valence-electron chi connectivity index (χ4n) is 3.76. The molecular weight excluding hydrogens is 344 g/mol. The largest absolute Gasteiger partial charge is 0.488 e. The van der Waals surface area contributed by atoms with Crippen molar-refractivity contribution in [3.63, 3.8) is 0 Å². The molecule has 3 rings (SSSR count). The molecule has 0 aliphatic carbocycles. The van der Waals surface area contributed by atoms with E-state index in [1.165, 1.54) is 12.0 Å². The molecule has 0 unspecified atom stereocenters. The van der Waals surface area contributed by atoms with E-state index < -0.39 is 0 Å². The van der Waals surface area contributed by atoms with Crippen molar-refractivity contribution in [3.8, 4) is 5.75 Å². The number of benzene rings is 1. The summed E-state index contributed by atoms with van der Waals surface area (Å²) >= 11 is 5.99. The molecule has 1 aliphatic rings. The van der Waals surface area contributed by atoms with E-state index in [2.05, 4.69) is 54.1 Å². The molecule has 1 aromatic heterocycles. The molecule has 2 aromatic rings. The summed E-state index contributed by atoms with van der Waals surface area (Å²) in [6.07, 6.45) is 2.47. The number of aromatic nitrogens is 1. The second kappa shape index (κ2) is 8.88. The monoisotopic (exact) mass is 372 g/mol. The van der Waals surface area contributed by atoms with Crippen LogP contribution in [0.4, 0.5) is 0 Å². The van der Waals surface area contributed by atoms with Gasteiger partial charge in [0.2, 0.25) is 0 Å². The molecule has 2 heterocycles. The van der Waals surface area contributed by atoms with Crippen LogP contribution < -0.4 is 4.74 Å². The summed E-state index contributed by atoms with van der Waals surface area (Å²) in [6, 6.07) is 14.5. The second-order valence-electron chi connectivity index (χ2n) is 7.77. The highest BCUT2D eigenvalue weighted by molar-refractivity contribution is 6.29. The summed E-state index contributed by atoms with van der Waals surface area (Å²) < 4.78 is 6.45. The fourth-order valence-corrected chi connectivity index (χ4v) is 3.95. The van der Waals surface area contributed by atoms with E-state index in [9.17, 15) is 0 Å². The number of hydrogen-bond donors (Lipinski definition) is 0. The van der Waals surface area contributed by atoms with Crippen LogP contribution in [0.15, 0.2) is 42.5 Å². The van der Waals surface area contributed by atoms with Crippen LogP contribution in [0.2, 0.25) is 5.15 Å². The number of likely N-dealkylation sites (tertiary alicyclic amines) is 1. The van der Waals surface area contributed by atoms with E-state index in [0.717, 1.165) is 37.5 Å². The Morgan fingerprint density at radius 3 is 2.65 bits per heavy atom. The molecule has 3 nitrogen and oxygen atoms in total. The Hall–Kier alpha value is -1.58. The van der Waals surface area contributed by atoms with Gasteiger partial charge in [-0.05, 0) is 49.9 Å². The van der Waals surface area contributed by atoms with Gasteiger partial charge in [0, 0.05) is 19.0 Å². The average molecular weight is 373 g/mol. The molecule has 0 saturated carbocycles. The quantitative estimate of drug-likeness (QED) is 0.612. The summed E-state index contributed by atoms with van der Waals surface area (Å²) in [5.41, 5.74) is 2.25. The van der Waals surface area contributed by atoms with Gasteiger partial charge in [-0.1, -0.05) is 55.8 Å². The number of pyridine rings is 1. The lowest BCUT2D eigenvalue weighted by Gasteiger charge is -2.27. The number of hydrogen-bond acceptors (Lipinski definition) is 3. The summed E-state index contributed by atoms with van der Waals surface area (Å²) in [5, 5.41) is 0.519. The van der Waals surface area contributed by atoms with Crippen molar-refractivity contribution in [1.29, 1.82) is 0 Å². The van der Waals surface area contributed by atoms with Crippen molar-refractivity contribution in [1.82, 2.24) is 9.88 Å². The van der Waals surface area contributed by atoms with Crippen LogP contribution in [0.5, 0.6) is 5.75 Å². The van der Waals surface area contributed by atoms with Crippen LogP contribution >= 0.6 is 11.6 Å². The minimum Gasteiger partial charge on any atom is -0.488 e. The minimum absolute atomic E-state index is 0.220. The molecule has 0 radical (unpaired) electrons. The normalized spacial score (nSPS) is 19.0. The maximum Gasteiger partial charge on any atom is 0.141 e. The third-order valence-electron chi connectivity index (χ3n) is 5.07. The van der Waals surface area contributed by atoms with Gasteiger partial charge in [-0.15, -0.1) is 0 Å². The standard InChI is InChI=1S/C22H29ClN2O/c1-16(2)13-21(26-20-9-10-22(23)24-17(20)3)19-11-12-25(15-19)14-18-7-5-4-6-8-18/h4-10,16,19,21H,11-15H2,1-3H3/t19-,21-/m0/s1. The molecule has 1 aliphatic heterocycles. The molecular formula is C22H29ClN2O. The van der Waals surface area contributed by atoms with Crippen LogP contribution in [0, 0.1) is 18.8 Å². The Bertz CT molecular complexity index is 705. The highest BCUT2D eigenvalue weighted by Crippen LogP contribution is 2.30. The maximum absolute atomic E-state index is 6.45. The molecule has 0 amide bonds. The minimum atomic E-state index is 0.220. The van der Waals surface area contributed by atoms with Gasteiger partial charge in [-0.3, -0.25) is 4.90 Å². The summed E-state index contributed by atoms with van der Waals surface area (Å²) in [5.74, 6) is 2.02. The van der Waals surface area contributed by atoms with E-state index in [1.54, 1.807) is 0 Å². The molecule has 140 valence electrons. The molecule has 4 heteroatoms. The molecule has 0 bridgehead atoms. The van der Waals surface area contributed by atoms with Gasteiger partial charge >= 0.3 is 0 Å². The van der Waals surface area contributed by atoms with Gasteiger partial charge < -0.3 is 4.74 Å². The van der Waals surface area contributed by atoms with E-state index in [1.807, 2.05) is 19.1 Å². The number of rotatable bonds is 7. The highest BCUT2D eigenvalue weighted by Gasteiger charge is 2.31. The van der Waals surface area contributed by atoms with Crippen LogP contribution in [0.25, 0.3) is 0 Å². The zero-order valence-electron chi connectivity index (χ0n) is 16.0. The van der Waals surface area contributed by atoms with Gasteiger partial charge in [0.05, 0.1) is 5.69 Å². The van der Waals surface area contributed by atoms with E-state index in [-0.39, 0.29) is 6.10 Å². The lowest BCUT2D eigenvalue weighted by Crippen LogP contribution is -2.31. The summed E-state index contributed by atoms with van der Waals surface area (Å²) in [6.45, 7) is 9.74. The van der Waals surface area contributed by atoms with Gasteiger partial charge in [0.1, 0.15) is 17.0 Å². The number of ether oxygens (including phenoxy) is 1. The van der Waals surface area contributed by atoms with Crippen molar-refractivity contribution in [2.75, 3.05) is 13.1 Å². The van der Waals surface area contributed by atoms with Crippen molar-refractivity contribution >= 4 is 11.6 Å². The fraction of sp³-hybridized carbons (Fsp3) is 0.500. The molecule has 1 fully saturated rings. The predicted octanol–water partition coefficient (Wildman–Crippen LogP) is 5.36. The van der Waals surface area contributed by atoms with Crippen molar-refractivity contribution in [2.45, 2.75) is 46.3 Å². The number of halogens is 1. The first-order valence-corrected chi connectivity index (χ1v) is 9.95. The highest BCUT2D eigenvalue weighted by atomic mass is 35.5. The summed E-state index contributed by atoms with van der Waals surface area (Å²) in [4.78, 5) is 6.88. The van der Waals surface area contributed by atoms with Crippen LogP contribution in [0.1, 0.15) is 37.9 Å². The van der Waals surface area contributed by atoms with Crippen LogP contribution in [-0.4, -0.2) is 29.1 Å². The summed E-state index contributed by atoms with van der Waals surface area (Å²) in [7, 11) is 0. The maximum atomic E-state index is 6.45. The van der Waals surface area contributed by atoms with Gasteiger partial charge in [-0.2, -0.15) is 0 Å². The van der Waals surface area contributed by atoms with Gasteiger partial charge in [0.25, 0.3) is 0 Å². The Balaban J connectivity index is 1.66. The lowest BCUT2D eigenvalue weighted by molar-refractivity contribution is 0.111. The van der Waals surface area contributed by atoms with Crippen molar-refractivity contribution in [2.24, 2.45) is 11.8 Å². The zero-order chi connectivity index (χ0) is 18.5. The molecule has 1 aromatic carbocycles. The molecule has 0 spiro atoms. The Labute approximate surface area is 162 Å². The lowest BCUT2D eigenvalue weighted by atomic mass is 9.93. The molecule has 0 N–H and O–H groups in total. The smallest absolute Gasteiger partial charge is 0.141 e. The van der Waals surface area contributed by atoms with Gasteiger partial charge in [-0.25, -0.2) is 4.98 Å². The molecule has 2 atom stereocenters. The zero-order valence-corrected chi connectivity index (χ0v) is 16.7. The average Bonchev–Trinajstić information content (AvgIpc) is 3.05. The predicted molar refractivity (Wildman–Crippen MR) is 108 cm³/mol. The topological polar surface area (TPSA) is 25.4 Å². The van der Waals surface area contributed by atoms with Crippen LogP contribution in [-0.2, 0) is 6.54 Å². The number of aryl methyl sites for hydroxylation is 1. The van der Waals surface area contributed by atoms with Gasteiger partial charge in [0.15, 0.2) is 0 Å². The Morgan fingerprint density at radius 1 is 1.19 bits per heavy atom. The Morgan fingerprint density at radius 2 is 1.96 bits per heavy atom. The SMILES string of the molecule is Cc1nc(Cl)ccc1O[C@@H](CC(C)C)[C@H]1CCN(Cc2ccccc2)C1. The molecule has 26 heavy (non-hydrogen) atoms.